The maximum absolute atomic E-state index is 10.9. The second-order valence-electron chi connectivity index (χ2n) is 4.56. The summed E-state index contributed by atoms with van der Waals surface area (Å²) in [4.78, 5) is 21.0. The lowest BCUT2D eigenvalue weighted by atomic mass is 9.99. The van der Waals surface area contributed by atoms with Crippen molar-refractivity contribution in [2.75, 3.05) is 26.2 Å². The Kier molecular flexibility index (Phi) is 4.46. The summed E-state index contributed by atoms with van der Waals surface area (Å²) in [5.41, 5.74) is 5.20. The van der Waals surface area contributed by atoms with Gasteiger partial charge in [-0.1, -0.05) is 0 Å². The molecule has 1 fully saturated rings. The third kappa shape index (κ3) is 3.96. The minimum Gasteiger partial charge on any atom is -0.476 e. The van der Waals surface area contributed by atoms with Gasteiger partial charge in [-0.05, 0) is 19.4 Å². The second kappa shape index (κ2) is 6.30. The Morgan fingerprint density at radius 2 is 2.44 bits per heavy atom. The first-order valence-electron chi connectivity index (χ1n) is 6.13. The van der Waals surface area contributed by atoms with Gasteiger partial charge in [-0.25, -0.2) is 4.98 Å². The Morgan fingerprint density at radius 3 is 3.17 bits per heavy atom. The molecule has 6 heteroatoms. The molecule has 1 saturated heterocycles. The van der Waals surface area contributed by atoms with Gasteiger partial charge in [-0.15, -0.1) is 0 Å². The maximum atomic E-state index is 10.9. The van der Waals surface area contributed by atoms with E-state index in [1.54, 1.807) is 18.6 Å². The Morgan fingerprint density at radius 1 is 1.56 bits per heavy atom. The van der Waals surface area contributed by atoms with Crippen molar-refractivity contribution in [3.63, 3.8) is 0 Å². The molecule has 0 aliphatic carbocycles. The molecule has 98 valence electrons. The fraction of sp³-hybridized carbons (Fsp3) is 0.583. The van der Waals surface area contributed by atoms with E-state index in [0.717, 1.165) is 25.9 Å². The number of carbonyl (C=O) groups excluding carboxylic acids is 1. The summed E-state index contributed by atoms with van der Waals surface area (Å²) < 4.78 is 5.58. The van der Waals surface area contributed by atoms with E-state index in [1.807, 2.05) is 0 Å². The smallest absolute Gasteiger partial charge is 0.232 e. The number of aromatic nitrogens is 2. The van der Waals surface area contributed by atoms with Crippen LogP contribution in [0.4, 0.5) is 0 Å². The highest BCUT2D eigenvalue weighted by Crippen LogP contribution is 2.17. The number of rotatable bonds is 5. The molecule has 1 atom stereocenters. The van der Waals surface area contributed by atoms with Crippen molar-refractivity contribution in [2.24, 2.45) is 11.7 Å². The van der Waals surface area contributed by atoms with Crippen molar-refractivity contribution in [3.05, 3.63) is 18.6 Å². The van der Waals surface area contributed by atoms with Crippen molar-refractivity contribution in [3.8, 4) is 5.88 Å². The molecule has 0 spiro atoms. The second-order valence-corrected chi connectivity index (χ2v) is 4.56. The maximum Gasteiger partial charge on any atom is 0.232 e. The van der Waals surface area contributed by atoms with Gasteiger partial charge in [0.2, 0.25) is 11.8 Å². The third-order valence-electron chi connectivity index (χ3n) is 2.99. The molecule has 1 unspecified atom stereocenters. The molecular weight excluding hydrogens is 232 g/mol. The Hall–Kier alpha value is -1.69. The highest BCUT2D eigenvalue weighted by molar-refractivity contribution is 5.75. The normalized spacial score (nSPS) is 20.6. The molecule has 2 rings (SSSR count). The molecule has 2 heterocycles. The van der Waals surface area contributed by atoms with E-state index < -0.39 is 0 Å². The van der Waals surface area contributed by atoms with E-state index in [-0.39, 0.29) is 5.91 Å². The van der Waals surface area contributed by atoms with Crippen LogP contribution >= 0.6 is 0 Å². The Balaban J connectivity index is 1.77. The van der Waals surface area contributed by atoms with Crippen LogP contribution in [0.3, 0.4) is 0 Å². The Labute approximate surface area is 106 Å². The molecule has 1 aliphatic heterocycles. The number of hydrogen-bond acceptors (Lipinski definition) is 5. The molecule has 18 heavy (non-hydrogen) atoms. The molecule has 0 saturated carbocycles. The number of primary amides is 1. The average Bonchev–Trinajstić information content (AvgIpc) is 2.37. The summed E-state index contributed by atoms with van der Waals surface area (Å²) in [5.74, 6) is 0.690. The average molecular weight is 250 g/mol. The lowest BCUT2D eigenvalue weighted by Gasteiger charge is -2.31. The van der Waals surface area contributed by atoms with E-state index >= 15 is 0 Å². The van der Waals surface area contributed by atoms with E-state index in [2.05, 4.69) is 14.9 Å². The quantitative estimate of drug-likeness (QED) is 0.798. The highest BCUT2D eigenvalue weighted by Gasteiger charge is 2.21. The predicted octanol–water partition coefficient (Wildman–Crippen LogP) is 0.0527. The third-order valence-corrected chi connectivity index (χ3v) is 2.99. The molecule has 0 radical (unpaired) electrons. The zero-order chi connectivity index (χ0) is 12.8. The summed E-state index contributed by atoms with van der Waals surface area (Å²) in [6.07, 6.45) is 7.00. The van der Waals surface area contributed by atoms with E-state index in [0.29, 0.717) is 24.9 Å². The van der Waals surface area contributed by atoms with Crippen LogP contribution in [-0.2, 0) is 4.79 Å². The minimum atomic E-state index is -0.273. The molecule has 1 aromatic rings. The molecule has 1 aromatic heterocycles. The van der Waals surface area contributed by atoms with Crippen molar-refractivity contribution in [1.29, 1.82) is 0 Å². The molecular formula is C12H18N4O2. The zero-order valence-electron chi connectivity index (χ0n) is 10.3. The van der Waals surface area contributed by atoms with Crippen LogP contribution < -0.4 is 10.5 Å². The molecule has 2 N–H and O–H groups in total. The van der Waals surface area contributed by atoms with Gasteiger partial charge < -0.3 is 10.5 Å². The molecule has 0 aromatic carbocycles. The number of amides is 1. The highest BCUT2D eigenvalue weighted by atomic mass is 16.5. The minimum absolute atomic E-state index is 0.273. The van der Waals surface area contributed by atoms with Gasteiger partial charge in [-0.3, -0.25) is 14.7 Å². The van der Waals surface area contributed by atoms with Crippen LogP contribution in [-0.4, -0.2) is 47.0 Å². The standard InChI is InChI=1S/C12H18N4O2/c13-11(17)8-16-5-1-2-10(7-16)9-18-12-6-14-3-4-15-12/h3-4,6,10H,1-2,5,7-9H2,(H2,13,17). The number of hydrogen-bond donors (Lipinski definition) is 1. The number of nitrogens with two attached hydrogens (primary N) is 1. The van der Waals surface area contributed by atoms with Crippen LogP contribution in [0.5, 0.6) is 5.88 Å². The monoisotopic (exact) mass is 250 g/mol. The summed E-state index contributed by atoms with van der Waals surface area (Å²) in [6.45, 7) is 2.73. The van der Waals surface area contributed by atoms with Gasteiger partial charge in [0.05, 0.1) is 19.3 Å². The summed E-state index contributed by atoms with van der Waals surface area (Å²) in [5, 5.41) is 0. The largest absolute Gasteiger partial charge is 0.476 e. The van der Waals surface area contributed by atoms with E-state index in [4.69, 9.17) is 10.5 Å². The van der Waals surface area contributed by atoms with Gasteiger partial charge in [0, 0.05) is 24.9 Å². The van der Waals surface area contributed by atoms with Crippen LogP contribution in [0.1, 0.15) is 12.8 Å². The van der Waals surface area contributed by atoms with Crippen LogP contribution in [0.25, 0.3) is 0 Å². The lowest BCUT2D eigenvalue weighted by molar-refractivity contribution is -0.119. The number of carbonyl (C=O) groups is 1. The summed E-state index contributed by atoms with van der Waals surface area (Å²) >= 11 is 0. The molecule has 0 bridgehead atoms. The van der Waals surface area contributed by atoms with Gasteiger partial charge in [-0.2, -0.15) is 0 Å². The number of ether oxygens (including phenoxy) is 1. The molecule has 6 nitrogen and oxygen atoms in total. The van der Waals surface area contributed by atoms with Gasteiger partial charge in [0.1, 0.15) is 0 Å². The summed E-state index contributed by atoms with van der Waals surface area (Å²) in [6, 6.07) is 0. The van der Waals surface area contributed by atoms with Crippen LogP contribution in [0.15, 0.2) is 18.6 Å². The lowest BCUT2D eigenvalue weighted by Crippen LogP contribution is -2.42. The van der Waals surface area contributed by atoms with E-state index in [9.17, 15) is 4.79 Å². The predicted molar refractivity (Wildman–Crippen MR) is 65.9 cm³/mol. The fourth-order valence-corrected chi connectivity index (χ4v) is 2.21. The van der Waals surface area contributed by atoms with Crippen LogP contribution in [0, 0.1) is 5.92 Å². The number of likely N-dealkylation sites (tertiary alicyclic amines) is 1. The Bertz CT molecular complexity index is 385. The van der Waals surface area contributed by atoms with Crippen molar-refractivity contribution >= 4 is 5.91 Å². The first-order chi connectivity index (χ1) is 8.74. The fourth-order valence-electron chi connectivity index (χ4n) is 2.21. The topological polar surface area (TPSA) is 81.3 Å². The number of piperidine rings is 1. The van der Waals surface area contributed by atoms with Gasteiger partial charge in [0.25, 0.3) is 0 Å². The van der Waals surface area contributed by atoms with Crippen molar-refractivity contribution in [2.45, 2.75) is 12.8 Å². The van der Waals surface area contributed by atoms with Gasteiger partial charge in [0.15, 0.2) is 0 Å². The van der Waals surface area contributed by atoms with Crippen molar-refractivity contribution in [1.82, 2.24) is 14.9 Å². The van der Waals surface area contributed by atoms with Crippen molar-refractivity contribution < 1.29 is 9.53 Å². The SMILES string of the molecule is NC(=O)CN1CCCC(COc2cnccn2)C1. The van der Waals surface area contributed by atoms with Gasteiger partial charge >= 0.3 is 0 Å². The first kappa shape index (κ1) is 12.8. The number of nitrogens with zero attached hydrogens (tertiary/aromatic N) is 3. The molecule has 1 amide bonds. The zero-order valence-corrected chi connectivity index (χ0v) is 10.3. The van der Waals surface area contributed by atoms with Crippen LogP contribution in [0.2, 0.25) is 0 Å². The molecule has 1 aliphatic rings. The summed E-state index contributed by atoms with van der Waals surface area (Å²) in [7, 11) is 0. The first-order valence-corrected chi connectivity index (χ1v) is 6.13. The van der Waals surface area contributed by atoms with E-state index in [1.165, 1.54) is 0 Å².